The third-order valence-electron chi connectivity index (χ3n) is 1.58. The van der Waals surface area contributed by atoms with Crippen LogP contribution in [0.4, 0.5) is 0 Å². The van der Waals surface area contributed by atoms with Crippen molar-refractivity contribution in [2.24, 2.45) is 0 Å². The summed E-state index contributed by atoms with van der Waals surface area (Å²) in [5, 5.41) is 3.11. The van der Waals surface area contributed by atoms with E-state index in [4.69, 9.17) is 4.84 Å². The molecular formula is C8H20N2O. The van der Waals surface area contributed by atoms with Gasteiger partial charge in [0.15, 0.2) is 0 Å². The Hall–Kier alpha value is -0.120. The average Bonchev–Trinajstić information content (AvgIpc) is 1.87. The van der Waals surface area contributed by atoms with E-state index in [0.29, 0.717) is 0 Å². The molecule has 0 aliphatic heterocycles. The fourth-order valence-corrected chi connectivity index (χ4v) is 1.02. The molecule has 0 aromatic carbocycles. The molecule has 0 saturated carbocycles. The third-order valence-corrected chi connectivity index (χ3v) is 1.58. The minimum Gasteiger partial charge on any atom is -0.320 e. The van der Waals surface area contributed by atoms with Crippen molar-refractivity contribution >= 4 is 0 Å². The molecule has 0 amide bonds. The SMILES string of the molecule is CNCCCC(C)(C)ONC. The first-order valence-corrected chi connectivity index (χ1v) is 4.12. The van der Waals surface area contributed by atoms with Crippen molar-refractivity contribution in [3.05, 3.63) is 0 Å². The van der Waals surface area contributed by atoms with E-state index in [-0.39, 0.29) is 5.60 Å². The Bertz CT molecular complexity index is 94.1. The van der Waals surface area contributed by atoms with Gasteiger partial charge in [0, 0.05) is 7.05 Å². The second kappa shape index (κ2) is 5.52. The van der Waals surface area contributed by atoms with Crippen LogP contribution in [-0.4, -0.2) is 26.2 Å². The van der Waals surface area contributed by atoms with Gasteiger partial charge in [-0.2, -0.15) is 0 Å². The molecule has 0 rings (SSSR count). The Morgan fingerprint density at radius 3 is 2.36 bits per heavy atom. The Morgan fingerprint density at radius 1 is 1.27 bits per heavy atom. The Kier molecular flexibility index (Phi) is 5.46. The summed E-state index contributed by atoms with van der Waals surface area (Å²) in [5.74, 6) is 0. The van der Waals surface area contributed by atoms with E-state index in [9.17, 15) is 0 Å². The number of rotatable bonds is 6. The molecule has 0 atom stereocenters. The van der Waals surface area contributed by atoms with Crippen molar-refractivity contribution in [3.8, 4) is 0 Å². The van der Waals surface area contributed by atoms with E-state index in [2.05, 4.69) is 24.6 Å². The van der Waals surface area contributed by atoms with Gasteiger partial charge in [0.2, 0.25) is 0 Å². The second-order valence-corrected chi connectivity index (χ2v) is 3.27. The van der Waals surface area contributed by atoms with Crippen molar-refractivity contribution < 1.29 is 4.84 Å². The number of hydrogen-bond donors (Lipinski definition) is 2. The summed E-state index contributed by atoms with van der Waals surface area (Å²) < 4.78 is 0. The Labute approximate surface area is 69.5 Å². The lowest BCUT2D eigenvalue weighted by Crippen LogP contribution is -2.31. The van der Waals surface area contributed by atoms with Gasteiger partial charge in [-0.05, 0) is 40.3 Å². The van der Waals surface area contributed by atoms with Crippen LogP contribution in [0.15, 0.2) is 0 Å². The summed E-state index contributed by atoms with van der Waals surface area (Å²) in [4.78, 5) is 5.30. The van der Waals surface area contributed by atoms with E-state index < -0.39 is 0 Å². The van der Waals surface area contributed by atoms with Crippen LogP contribution in [0.1, 0.15) is 26.7 Å². The topological polar surface area (TPSA) is 33.3 Å². The molecule has 3 heteroatoms. The van der Waals surface area contributed by atoms with Crippen molar-refractivity contribution in [3.63, 3.8) is 0 Å². The van der Waals surface area contributed by atoms with Crippen molar-refractivity contribution in [2.45, 2.75) is 32.3 Å². The van der Waals surface area contributed by atoms with Crippen LogP contribution in [0.3, 0.4) is 0 Å². The lowest BCUT2D eigenvalue weighted by Gasteiger charge is -2.23. The van der Waals surface area contributed by atoms with E-state index in [1.165, 1.54) is 0 Å². The largest absolute Gasteiger partial charge is 0.320 e. The van der Waals surface area contributed by atoms with E-state index >= 15 is 0 Å². The lowest BCUT2D eigenvalue weighted by molar-refractivity contribution is -0.0791. The van der Waals surface area contributed by atoms with Gasteiger partial charge in [0.05, 0.1) is 5.60 Å². The maximum absolute atomic E-state index is 5.30. The summed E-state index contributed by atoms with van der Waals surface area (Å²) in [6.07, 6.45) is 2.21. The van der Waals surface area contributed by atoms with Gasteiger partial charge in [0.25, 0.3) is 0 Å². The molecular weight excluding hydrogens is 140 g/mol. The van der Waals surface area contributed by atoms with Crippen LogP contribution in [-0.2, 0) is 4.84 Å². The minimum atomic E-state index is -0.0500. The van der Waals surface area contributed by atoms with Crippen molar-refractivity contribution in [1.82, 2.24) is 10.8 Å². The summed E-state index contributed by atoms with van der Waals surface area (Å²) in [5.41, 5.74) is 2.66. The fourth-order valence-electron chi connectivity index (χ4n) is 1.02. The molecule has 3 nitrogen and oxygen atoms in total. The number of hydroxylamine groups is 1. The normalized spacial score (nSPS) is 12.0. The zero-order valence-corrected chi connectivity index (χ0v) is 8.03. The minimum absolute atomic E-state index is 0.0500. The predicted octanol–water partition coefficient (Wildman–Crippen LogP) is 0.916. The molecule has 0 aromatic rings. The molecule has 0 bridgehead atoms. The highest BCUT2D eigenvalue weighted by atomic mass is 16.7. The number of hydrogen-bond acceptors (Lipinski definition) is 3. The highest BCUT2D eigenvalue weighted by Gasteiger charge is 2.16. The average molecular weight is 160 g/mol. The smallest absolute Gasteiger partial charge is 0.0841 e. The molecule has 0 unspecified atom stereocenters. The van der Waals surface area contributed by atoms with Crippen molar-refractivity contribution in [1.29, 1.82) is 0 Å². The van der Waals surface area contributed by atoms with Gasteiger partial charge in [-0.3, -0.25) is 4.84 Å². The van der Waals surface area contributed by atoms with Gasteiger partial charge in [-0.25, -0.2) is 5.48 Å². The summed E-state index contributed by atoms with van der Waals surface area (Å²) >= 11 is 0. The lowest BCUT2D eigenvalue weighted by atomic mass is 10.0. The molecule has 0 saturated heterocycles. The molecule has 0 fully saturated rings. The Balaban J connectivity index is 3.38. The van der Waals surface area contributed by atoms with Gasteiger partial charge < -0.3 is 5.32 Å². The van der Waals surface area contributed by atoms with E-state index in [1.807, 2.05) is 7.05 Å². The first kappa shape index (κ1) is 10.9. The van der Waals surface area contributed by atoms with Crippen LogP contribution in [0.2, 0.25) is 0 Å². The zero-order valence-electron chi connectivity index (χ0n) is 8.03. The quantitative estimate of drug-likeness (QED) is 0.448. The molecule has 68 valence electrons. The van der Waals surface area contributed by atoms with Gasteiger partial charge in [-0.15, -0.1) is 0 Å². The second-order valence-electron chi connectivity index (χ2n) is 3.27. The maximum atomic E-state index is 5.30. The van der Waals surface area contributed by atoms with Crippen LogP contribution >= 0.6 is 0 Å². The van der Waals surface area contributed by atoms with Crippen LogP contribution in [0, 0.1) is 0 Å². The van der Waals surface area contributed by atoms with Gasteiger partial charge in [-0.1, -0.05) is 0 Å². The summed E-state index contributed by atoms with van der Waals surface area (Å²) in [7, 11) is 3.76. The van der Waals surface area contributed by atoms with Crippen LogP contribution < -0.4 is 10.8 Å². The van der Waals surface area contributed by atoms with Gasteiger partial charge >= 0.3 is 0 Å². The molecule has 0 aromatic heterocycles. The number of nitrogens with one attached hydrogen (secondary N) is 2. The first-order chi connectivity index (χ1) is 5.12. The molecule has 0 spiro atoms. The molecule has 0 aliphatic rings. The fraction of sp³-hybridized carbons (Fsp3) is 1.00. The third kappa shape index (κ3) is 6.28. The summed E-state index contributed by atoms with van der Waals surface area (Å²) in [6, 6.07) is 0. The van der Waals surface area contributed by atoms with Gasteiger partial charge in [0.1, 0.15) is 0 Å². The molecule has 0 aliphatic carbocycles. The van der Waals surface area contributed by atoms with Crippen LogP contribution in [0.25, 0.3) is 0 Å². The first-order valence-electron chi connectivity index (χ1n) is 4.12. The Morgan fingerprint density at radius 2 is 1.91 bits per heavy atom. The van der Waals surface area contributed by atoms with Crippen molar-refractivity contribution in [2.75, 3.05) is 20.6 Å². The highest BCUT2D eigenvalue weighted by Crippen LogP contribution is 2.13. The van der Waals surface area contributed by atoms with E-state index in [0.717, 1.165) is 19.4 Å². The highest BCUT2D eigenvalue weighted by molar-refractivity contribution is 4.67. The standard InChI is InChI=1S/C8H20N2O/c1-8(2,11-10-4)6-5-7-9-3/h9-10H,5-7H2,1-4H3. The summed E-state index contributed by atoms with van der Waals surface area (Å²) in [6.45, 7) is 5.22. The molecule has 0 heterocycles. The maximum Gasteiger partial charge on any atom is 0.0841 e. The molecule has 0 radical (unpaired) electrons. The zero-order chi connectivity index (χ0) is 8.74. The monoisotopic (exact) mass is 160 g/mol. The van der Waals surface area contributed by atoms with Crippen LogP contribution in [0.5, 0.6) is 0 Å². The molecule has 2 N–H and O–H groups in total. The predicted molar refractivity (Wildman–Crippen MR) is 47.4 cm³/mol. The van der Waals surface area contributed by atoms with E-state index in [1.54, 1.807) is 7.05 Å². The molecule has 11 heavy (non-hydrogen) atoms.